The minimum Gasteiger partial charge on any atom is -0.353 e. The van der Waals surface area contributed by atoms with Crippen LogP contribution in [0.3, 0.4) is 0 Å². The normalized spacial score (nSPS) is 11.0. The predicted octanol–water partition coefficient (Wildman–Crippen LogP) is 0.889. The molecule has 100 valence electrons. The van der Waals surface area contributed by atoms with E-state index < -0.39 is 6.04 Å². The summed E-state index contributed by atoms with van der Waals surface area (Å²) >= 11 is 0. The van der Waals surface area contributed by atoms with E-state index in [1.54, 1.807) is 6.20 Å². The van der Waals surface area contributed by atoms with Gasteiger partial charge < -0.3 is 15.6 Å². The molecule has 0 saturated heterocycles. The molecule has 0 radical (unpaired) electrons. The summed E-state index contributed by atoms with van der Waals surface area (Å²) in [4.78, 5) is 15.4. The van der Waals surface area contributed by atoms with Gasteiger partial charge in [0.25, 0.3) is 0 Å². The van der Waals surface area contributed by atoms with Crippen LogP contribution in [0.4, 0.5) is 0 Å². The molecule has 0 aromatic carbocycles. The second-order valence-corrected chi connectivity index (χ2v) is 3.47. The molecule has 7 heteroatoms. The zero-order valence-corrected chi connectivity index (χ0v) is 11.7. The molecule has 0 spiro atoms. The van der Waals surface area contributed by atoms with Crippen molar-refractivity contribution in [1.82, 2.24) is 14.9 Å². The fraction of sp³-hybridized carbons (Fsp3) is 0.600. The first-order valence-electron chi connectivity index (χ1n) is 5.16. The van der Waals surface area contributed by atoms with Gasteiger partial charge in [0.15, 0.2) is 0 Å². The molecule has 1 aromatic rings. The van der Waals surface area contributed by atoms with Crippen molar-refractivity contribution >= 4 is 30.7 Å². The number of nitrogens with zero attached hydrogens (tertiary/aromatic N) is 2. The highest BCUT2D eigenvalue weighted by Gasteiger charge is 2.09. The number of nitrogens with one attached hydrogen (secondary N) is 1. The third-order valence-electron chi connectivity index (χ3n) is 2.35. The summed E-state index contributed by atoms with van der Waals surface area (Å²) in [7, 11) is 0. The van der Waals surface area contributed by atoms with Crippen molar-refractivity contribution in [2.24, 2.45) is 5.73 Å². The third kappa shape index (κ3) is 5.91. The number of imidazole rings is 1. The highest BCUT2D eigenvalue weighted by atomic mass is 35.5. The molecular formula is C10H20Cl2N4O. The molecule has 0 saturated carbocycles. The van der Waals surface area contributed by atoms with E-state index >= 15 is 0 Å². The van der Waals surface area contributed by atoms with Crippen LogP contribution in [0.15, 0.2) is 12.4 Å². The molecule has 1 atom stereocenters. The summed E-state index contributed by atoms with van der Waals surface area (Å²) in [5.74, 6) is 0.860. The number of aryl methyl sites for hydroxylation is 1. The smallest absolute Gasteiger partial charge is 0.236 e. The van der Waals surface area contributed by atoms with Gasteiger partial charge in [-0.15, -0.1) is 24.8 Å². The lowest BCUT2D eigenvalue weighted by atomic mass is 10.2. The van der Waals surface area contributed by atoms with E-state index in [4.69, 9.17) is 5.73 Å². The van der Waals surface area contributed by atoms with Gasteiger partial charge in [-0.25, -0.2) is 4.98 Å². The van der Waals surface area contributed by atoms with Gasteiger partial charge in [-0.1, -0.05) is 6.92 Å². The summed E-state index contributed by atoms with van der Waals surface area (Å²) in [6.45, 7) is 5.14. The first-order valence-corrected chi connectivity index (χ1v) is 5.16. The topological polar surface area (TPSA) is 72.9 Å². The molecule has 3 N–H and O–H groups in total. The van der Waals surface area contributed by atoms with Crippen LogP contribution in [0.1, 0.15) is 19.2 Å². The van der Waals surface area contributed by atoms with Crippen molar-refractivity contribution in [3.8, 4) is 0 Å². The molecule has 17 heavy (non-hydrogen) atoms. The van der Waals surface area contributed by atoms with E-state index in [0.717, 1.165) is 12.4 Å². The second kappa shape index (κ2) is 9.27. The second-order valence-electron chi connectivity index (χ2n) is 3.47. The van der Waals surface area contributed by atoms with E-state index in [1.165, 1.54) is 0 Å². The zero-order valence-electron chi connectivity index (χ0n) is 10.0. The van der Waals surface area contributed by atoms with Gasteiger partial charge in [-0.2, -0.15) is 0 Å². The van der Waals surface area contributed by atoms with Crippen LogP contribution in [0.25, 0.3) is 0 Å². The number of nitrogens with two attached hydrogens (primary N) is 1. The van der Waals surface area contributed by atoms with Crippen LogP contribution >= 0.6 is 24.8 Å². The van der Waals surface area contributed by atoms with E-state index in [0.29, 0.717) is 13.0 Å². The van der Waals surface area contributed by atoms with Crippen molar-refractivity contribution in [1.29, 1.82) is 0 Å². The Bertz CT molecular complexity index is 330. The minimum absolute atomic E-state index is 0. The molecule has 0 fully saturated rings. The highest BCUT2D eigenvalue weighted by molar-refractivity contribution is 5.85. The average Bonchev–Trinajstić information content (AvgIpc) is 2.63. The summed E-state index contributed by atoms with van der Waals surface area (Å²) in [6.07, 6.45) is 4.30. The molecule has 0 unspecified atom stereocenters. The molecule has 0 aliphatic heterocycles. The van der Waals surface area contributed by atoms with E-state index in [-0.39, 0.29) is 30.7 Å². The van der Waals surface area contributed by atoms with Crippen molar-refractivity contribution in [2.75, 3.05) is 6.54 Å². The number of carbonyl (C=O) groups is 1. The van der Waals surface area contributed by atoms with Crippen LogP contribution in [0.5, 0.6) is 0 Å². The fourth-order valence-electron chi connectivity index (χ4n) is 1.26. The summed E-state index contributed by atoms with van der Waals surface area (Å²) < 4.78 is 1.98. The lowest BCUT2D eigenvalue weighted by Crippen LogP contribution is -2.41. The minimum atomic E-state index is -0.395. The number of amides is 1. The lowest BCUT2D eigenvalue weighted by Gasteiger charge is -2.10. The Balaban J connectivity index is 0. The molecule has 1 aromatic heterocycles. The molecular weight excluding hydrogens is 263 g/mol. The molecule has 1 heterocycles. The molecule has 5 nitrogen and oxygen atoms in total. The Morgan fingerprint density at radius 3 is 2.71 bits per heavy atom. The number of rotatable bonds is 5. The van der Waals surface area contributed by atoms with Crippen molar-refractivity contribution in [2.45, 2.75) is 32.9 Å². The number of hydrogen-bond acceptors (Lipinski definition) is 3. The first-order chi connectivity index (χ1) is 7.15. The van der Waals surface area contributed by atoms with Gasteiger partial charge in [-0.05, 0) is 13.3 Å². The summed E-state index contributed by atoms with van der Waals surface area (Å²) in [5.41, 5.74) is 5.57. The number of hydrogen-bond donors (Lipinski definition) is 2. The molecule has 1 rings (SSSR count). The maximum absolute atomic E-state index is 11.3. The lowest BCUT2D eigenvalue weighted by molar-refractivity contribution is -0.122. The van der Waals surface area contributed by atoms with Gasteiger partial charge in [0.05, 0.1) is 6.04 Å². The van der Waals surface area contributed by atoms with Crippen molar-refractivity contribution < 1.29 is 4.79 Å². The van der Waals surface area contributed by atoms with Crippen molar-refractivity contribution in [3.05, 3.63) is 18.2 Å². The van der Waals surface area contributed by atoms with Gasteiger partial charge >= 0.3 is 0 Å². The summed E-state index contributed by atoms with van der Waals surface area (Å²) in [5, 5.41) is 2.79. The van der Waals surface area contributed by atoms with Crippen LogP contribution in [0, 0.1) is 6.92 Å². The SMILES string of the molecule is CC[C@H](N)C(=O)NCCn1ccnc1C.Cl.Cl. The molecule has 0 aliphatic carbocycles. The number of halogens is 2. The predicted molar refractivity (Wildman–Crippen MR) is 72.7 cm³/mol. The fourth-order valence-corrected chi connectivity index (χ4v) is 1.26. The first kappa shape index (κ1) is 18.6. The quantitative estimate of drug-likeness (QED) is 0.843. The standard InChI is InChI=1S/C10H18N4O.2ClH/c1-3-9(11)10(15)13-5-7-14-6-4-12-8(14)2;;/h4,6,9H,3,5,7,11H2,1-2H3,(H,13,15);2*1H/t9-;;/m0../s1. The summed E-state index contributed by atoms with van der Waals surface area (Å²) in [6, 6.07) is -0.395. The molecule has 0 bridgehead atoms. The average molecular weight is 283 g/mol. The maximum Gasteiger partial charge on any atom is 0.236 e. The van der Waals surface area contributed by atoms with E-state index in [1.807, 2.05) is 24.6 Å². The zero-order chi connectivity index (χ0) is 11.3. The Morgan fingerprint density at radius 1 is 1.59 bits per heavy atom. The van der Waals surface area contributed by atoms with Crippen molar-refractivity contribution in [3.63, 3.8) is 0 Å². The number of aromatic nitrogens is 2. The van der Waals surface area contributed by atoms with Gasteiger partial charge in [-0.3, -0.25) is 4.79 Å². The van der Waals surface area contributed by atoms with Crippen LogP contribution in [-0.4, -0.2) is 28.0 Å². The molecule has 1 amide bonds. The molecule has 0 aliphatic rings. The largest absolute Gasteiger partial charge is 0.353 e. The van der Waals surface area contributed by atoms with Gasteiger partial charge in [0.1, 0.15) is 5.82 Å². The monoisotopic (exact) mass is 282 g/mol. The van der Waals surface area contributed by atoms with Crippen LogP contribution in [-0.2, 0) is 11.3 Å². The Morgan fingerprint density at radius 2 is 2.24 bits per heavy atom. The van der Waals surface area contributed by atoms with E-state index in [2.05, 4.69) is 10.3 Å². The van der Waals surface area contributed by atoms with Gasteiger partial charge in [0, 0.05) is 25.5 Å². The van der Waals surface area contributed by atoms with Crippen LogP contribution in [0.2, 0.25) is 0 Å². The van der Waals surface area contributed by atoms with Crippen LogP contribution < -0.4 is 11.1 Å². The highest BCUT2D eigenvalue weighted by Crippen LogP contribution is 1.93. The Kier molecular flexibility index (Phi) is 10.1. The van der Waals surface area contributed by atoms with Gasteiger partial charge in [0.2, 0.25) is 5.91 Å². The third-order valence-corrected chi connectivity index (χ3v) is 2.35. The van der Waals surface area contributed by atoms with E-state index in [9.17, 15) is 4.79 Å². The number of carbonyl (C=O) groups excluding carboxylic acids is 1. The Labute approximate surface area is 114 Å². The Hall–Kier alpha value is -0.780. The maximum atomic E-state index is 11.3.